The minimum absolute atomic E-state index is 0.0210. The summed E-state index contributed by atoms with van der Waals surface area (Å²) in [5.41, 5.74) is 19.9. The van der Waals surface area contributed by atoms with Gasteiger partial charge in [-0.3, -0.25) is 14.6 Å². The van der Waals surface area contributed by atoms with Crippen LogP contribution in [0.2, 0.25) is 0 Å². The second-order valence-electron chi connectivity index (χ2n) is 16.2. The van der Waals surface area contributed by atoms with Crippen LogP contribution in [0.1, 0.15) is 69.2 Å². The predicted octanol–water partition coefficient (Wildman–Crippen LogP) is 6.76. The number of thioether (sulfide) groups is 1. The molecule has 0 aliphatic carbocycles. The maximum Gasteiger partial charge on any atom is 0.296 e. The SMILES string of the molecule is CC.CCCSc1nc(NCCN)c(N)c(N(N)Cc2ccc(C#CCNC(=O)C3CCN(CCNC(=O)C#Cc4csc(-c5ccc6c7cc(CNC)ccc7n(CC)c6c5)c4)CC3)cc2)n1. The highest BCUT2D eigenvalue weighted by Crippen LogP contribution is 2.35. The molecule has 68 heavy (non-hydrogen) atoms. The highest BCUT2D eigenvalue weighted by atomic mass is 32.2. The first-order valence-electron chi connectivity index (χ1n) is 23.6. The van der Waals surface area contributed by atoms with Crippen molar-refractivity contribution in [2.24, 2.45) is 17.5 Å². The third kappa shape index (κ3) is 13.5. The number of piperidine rings is 1. The number of aromatic nitrogens is 3. The molecular weight excluding hydrogens is 889 g/mol. The Bertz CT molecular complexity index is 2760. The molecule has 0 saturated carbocycles. The standard InChI is InChI=1S/C50H60N12O2S2.C2H6/c1-4-27-65-50-58-47(56-22-20-51)46(52)48(59-50)62(53)32-35-10-8-34(9-11-35)7-6-21-57-49(64)38-18-24-60(25-19-38)26-23-55-45(63)17-13-37-29-44(66-33-37)39-14-15-40-41-28-36(31-54-3)12-16-42(41)61(5-2)43(40)30-39;1-2/h8-12,14-16,28-30,33,38,54H,4-5,18-27,31-32,51-53H2,1-3H3,(H,55,63)(H,57,64)(H,56,58,59);1-2H3. The Morgan fingerprint density at radius 1 is 0.912 bits per heavy atom. The minimum atomic E-state index is -0.298. The molecule has 1 aliphatic heterocycles. The van der Waals surface area contributed by atoms with E-state index in [-0.39, 0.29) is 24.3 Å². The maximum absolute atomic E-state index is 12.9. The van der Waals surface area contributed by atoms with Crippen LogP contribution < -0.4 is 43.6 Å². The molecule has 3 aromatic carbocycles. The van der Waals surface area contributed by atoms with Crippen LogP contribution in [0.5, 0.6) is 0 Å². The monoisotopic (exact) mass is 954 g/mol. The number of fused-ring (bicyclic) bond motifs is 3. The number of carbonyl (C=O) groups is 2. The number of aryl methyl sites for hydroxylation is 1. The fourth-order valence-electron chi connectivity index (χ4n) is 8.05. The molecule has 0 bridgehead atoms. The van der Waals surface area contributed by atoms with Crippen LogP contribution in [-0.4, -0.2) is 89.9 Å². The Labute approximate surface area is 409 Å². The lowest BCUT2D eigenvalue weighted by atomic mass is 9.96. The van der Waals surface area contributed by atoms with Gasteiger partial charge >= 0.3 is 0 Å². The summed E-state index contributed by atoms with van der Waals surface area (Å²) in [7, 11) is 1.97. The second-order valence-corrected chi connectivity index (χ2v) is 18.2. The van der Waals surface area contributed by atoms with E-state index >= 15 is 0 Å². The Morgan fingerprint density at radius 3 is 2.43 bits per heavy atom. The van der Waals surface area contributed by atoms with Crippen LogP contribution in [0.15, 0.2) is 77.3 Å². The summed E-state index contributed by atoms with van der Waals surface area (Å²) < 4.78 is 2.37. The minimum Gasteiger partial charge on any atom is -0.393 e. The third-order valence-electron chi connectivity index (χ3n) is 11.4. The number of likely N-dealkylation sites (tertiary alicyclic amines) is 1. The molecule has 10 N–H and O–H groups in total. The van der Waals surface area contributed by atoms with Gasteiger partial charge in [-0.05, 0) is 99.4 Å². The molecule has 3 aromatic heterocycles. The number of rotatable bonds is 18. The molecule has 0 spiro atoms. The van der Waals surface area contributed by atoms with Crippen molar-refractivity contribution in [2.45, 2.75) is 71.7 Å². The fraction of sp³-hybridized carbons (Fsp3) is 0.385. The summed E-state index contributed by atoms with van der Waals surface area (Å²) in [6.07, 6.45) is 2.49. The Kier molecular flexibility index (Phi) is 19.5. The number of benzene rings is 3. The summed E-state index contributed by atoms with van der Waals surface area (Å²) in [4.78, 5) is 38.2. The zero-order valence-electron chi connectivity index (χ0n) is 40.0. The Hall–Kier alpha value is -6.11. The lowest BCUT2D eigenvalue weighted by molar-refractivity contribution is -0.126. The number of carbonyl (C=O) groups excluding carboxylic acids is 2. The van der Waals surface area contributed by atoms with Gasteiger partial charge in [-0.1, -0.05) is 80.6 Å². The van der Waals surface area contributed by atoms with E-state index in [1.54, 1.807) is 23.1 Å². The molecule has 16 heteroatoms. The molecule has 14 nitrogen and oxygen atoms in total. The van der Waals surface area contributed by atoms with E-state index in [0.29, 0.717) is 55.2 Å². The number of nitrogens with one attached hydrogen (secondary N) is 4. The number of nitrogens with zero attached hydrogens (tertiary/aromatic N) is 5. The van der Waals surface area contributed by atoms with Crippen molar-refractivity contribution in [3.63, 3.8) is 0 Å². The van der Waals surface area contributed by atoms with Gasteiger partial charge in [0, 0.05) is 100 Å². The molecular formula is C52H66N12O2S2. The van der Waals surface area contributed by atoms with Crippen LogP contribution in [0.3, 0.4) is 0 Å². The predicted molar refractivity (Wildman–Crippen MR) is 283 cm³/mol. The topological polar surface area (TPSA) is 198 Å². The number of hydrogen-bond donors (Lipinski definition) is 7. The third-order valence-corrected chi connectivity index (χ3v) is 13.5. The van der Waals surface area contributed by atoms with Crippen molar-refractivity contribution in [2.75, 3.05) is 74.7 Å². The molecule has 2 amide bonds. The molecule has 0 unspecified atom stereocenters. The second kappa shape index (κ2) is 25.9. The van der Waals surface area contributed by atoms with Crippen LogP contribution in [0.4, 0.5) is 17.3 Å². The zero-order valence-corrected chi connectivity index (χ0v) is 41.6. The molecule has 6 aromatic rings. The molecule has 0 radical (unpaired) electrons. The molecule has 4 heterocycles. The first kappa shape index (κ1) is 51.3. The van der Waals surface area contributed by atoms with Crippen molar-refractivity contribution < 1.29 is 9.59 Å². The fourth-order valence-corrected chi connectivity index (χ4v) is 9.59. The van der Waals surface area contributed by atoms with Crippen LogP contribution in [-0.2, 0) is 29.2 Å². The number of hydrogen-bond acceptors (Lipinski definition) is 13. The van der Waals surface area contributed by atoms with Gasteiger partial charge in [0.05, 0.1) is 13.1 Å². The number of hydrazine groups is 1. The summed E-state index contributed by atoms with van der Waals surface area (Å²) in [6.45, 7) is 14.4. The van der Waals surface area contributed by atoms with E-state index in [4.69, 9.17) is 17.3 Å². The average Bonchev–Trinajstić information content (AvgIpc) is 3.97. The normalized spacial score (nSPS) is 12.6. The van der Waals surface area contributed by atoms with Crippen LogP contribution in [0.25, 0.3) is 32.2 Å². The molecule has 0 atom stereocenters. The molecule has 7 rings (SSSR count). The van der Waals surface area contributed by atoms with Gasteiger partial charge in [-0.15, -0.1) is 11.3 Å². The van der Waals surface area contributed by atoms with E-state index in [9.17, 15) is 9.59 Å². The highest BCUT2D eigenvalue weighted by molar-refractivity contribution is 7.99. The van der Waals surface area contributed by atoms with Gasteiger partial charge in [-0.25, -0.2) is 15.8 Å². The number of anilines is 3. The van der Waals surface area contributed by atoms with Crippen molar-refractivity contribution >= 4 is 74.0 Å². The first-order chi connectivity index (χ1) is 33.2. The molecule has 1 saturated heterocycles. The van der Waals surface area contributed by atoms with Crippen LogP contribution >= 0.6 is 23.1 Å². The van der Waals surface area contributed by atoms with Gasteiger partial charge in [0.2, 0.25) is 5.91 Å². The molecule has 358 valence electrons. The summed E-state index contributed by atoms with van der Waals surface area (Å²) in [5.74, 6) is 20.0. The summed E-state index contributed by atoms with van der Waals surface area (Å²) >= 11 is 3.18. The van der Waals surface area contributed by atoms with Gasteiger partial charge < -0.3 is 42.2 Å². The van der Waals surface area contributed by atoms with E-state index in [0.717, 1.165) is 78.3 Å². The van der Waals surface area contributed by atoms with Crippen molar-refractivity contribution in [1.29, 1.82) is 0 Å². The average molecular weight is 955 g/mol. The lowest BCUT2D eigenvalue weighted by Crippen LogP contribution is -2.43. The molecule has 1 fully saturated rings. The summed E-state index contributed by atoms with van der Waals surface area (Å²) in [6, 6.07) is 23.2. The van der Waals surface area contributed by atoms with Crippen molar-refractivity contribution in [3.05, 3.63) is 94.4 Å². The summed E-state index contributed by atoms with van der Waals surface area (Å²) in [5, 5.41) is 19.0. The Morgan fingerprint density at radius 2 is 1.69 bits per heavy atom. The lowest BCUT2D eigenvalue weighted by Gasteiger charge is -2.31. The highest BCUT2D eigenvalue weighted by Gasteiger charge is 2.24. The van der Waals surface area contributed by atoms with E-state index < -0.39 is 0 Å². The number of thiophene rings is 1. The van der Waals surface area contributed by atoms with Crippen molar-refractivity contribution in [1.82, 2.24) is 35.4 Å². The quantitative estimate of drug-likeness (QED) is 0.0157. The van der Waals surface area contributed by atoms with E-state index in [1.165, 1.54) is 32.4 Å². The van der Waals surface area contributed by atoms with Crippen molar-refractivity contribution in [3.8, 4) is 34.1 Å². The van der Waals surface area contributed by atoms with E-state index in [2.05, 4.69) is 121 Å². The van der Waals surface area contributed by atoms with Gasteiger partial charge in [0.15, 0.2) is 16.8 Å². The smallest absolute Gasteiger partial charge is 0.296 e. The van der Waals surface area contributed by atoms with E-state index in [1.807, 2.05) is 50.5 Å². The number of amides is 2. The first-order valence-corrected chi connectivity index (χ1v) is 25.5. The van der Waals surface area contributed by atoms with Gasteiger partial charge in [-0.2, -0.15) is 0 Å². The number of nitrogens with two attached hydrogens (primary N) is 3. The number of nitrogen functional groups attached to an aromatic ring is 1. The largest absolute Gasteiger partial charge is 0.393 e. The molecule has 1 aliphatic rings. The van der Waals surface area contributed by atoms with Crippen LogP contribution in [0, 0.1) is 29.6 Å². The van der Waals surface area contributed by atoms with Gasteiger partial charge in [0.25, 0.3) is 5.91 Å². The van der Waals surface area contributed by atoms with Gasteiger partial charge in [0.1, 0.15) is 5.69 Å². The Balaban J connectivity index is 0.00000376. The zero-order chi connectivity index (χ0) is 48.4. The maximum atomic E-state index is 12.9.